The van der Waals surface area contributed by atoms with E-state index in [4.69, 9.17) is 0 Å². The van der Waals surface area contributed by atoms with E-state index >= 15 is 0 Å². The van der Waals surface area contributed by atoms with E-state index in [9.17, 15) is 4.79 Å². The van der Waals surface area contributed by atoms with Gasteiger partial charge in [0.2, 0.25) is 0 Å². The number of nitrogens with one attached hydrogen (secondary N) is 2. The molecule has 0 aliphatic heterocycles. The molecular formula is C8H9N3O. The van der Waals surface area contributed by atoms with Crippen molar-refractivity contribution in [3.8, 4) is 0 Å². The summed E-state index contributed by atoms with van der Waals surface area (Å²) >= 11 is 0. The molecule has 0 atom stereocenters. The van der Waals surface area contributed by atoms with Crippen molar-refractivity contribution >= 4 is 11.0 Å². The predicted molar refractivity (Wildman–Crippen MR) is 46.1 cm³/mol. The predicted octanol–water partition coefficient (Wildman–Crippen LogP) is 0.814. The van der Waals surface area contributed by atoms with Gasteiger partial charge >= 0.3 is 0 Å². The van der Waals surface area contributed by atoms with Gasteiger partial charge in [-0.05, 0) is 6.07 Å². The molecule has 4 heteroatoms. The van der Waals surface area contributed by atoms with Crippen molar-refractivity contribution in [3.63, 3.8) is 0 Å². The first-order valence-electron chi connectivity index (χ1n) is 3.87. The van der Waals surface area contributed by atoms with Crippen LogP contribution in [-0.4, -0.2) is 15.0 Å². The second-order valence-electron chi connectivity index (χ2n) is 2.61. The van der Waals surface area contributed by atoms with E-state index in [2.05, 4.69) is 15.0 Å². The Morgan fingerprint density at radius 2 is 2.42 bits per heavy atom. The number of aryl methyl sites for hydroxylation is 1. The molecule has 0 unspecified atom stereocenters. The summed E-state index contributed by atoms with van der Waals surface area (Å²) in [6.07, 6.45) is 2.43. The Morgan fingerprint density at radius 3 is 3.08 bits per heavy atom. The van der Waals surface area contributed by atoms with Crippen molar-refractivity contribution in [3.05, 3.63) is 28.4 Å². The van der Waals surface area contributed by atoms with Crippen LogP contribution in [0.3, 0.4) is 0 Å². The summed E-state index contributed by atoms with van der Waals surface area (Å²) in [5.41, 5.74) is 1.16. The zero-order valence-electron chi connectivity index (χ0n) is 6.72. The highest BCUT2D eigenvalue weighted by molar-refractivity contribution is 5.73. The number of fused-ring (bicyclic) bond motifs is 1. The molecule has 0 aliphatic rings. The van der Waals surface area contributed by atoms with Crippen LogP contribution in [0.1, 0.15) is 12.7 Å². The number of nitrogens with zero attached hydrogens (tertiary/aromatic N) is 1. The normalized spacial score (nSPS) is 10.8. The van der Waals surface area contributed by atoms with Crippen LogP contribution in [0.4, 0.5) is 0 Å². The zero-order valence-corrected chi connectivity index (χ0v) is 6.72. The Balaban J connectivity index is 2.83. The first-order chi connectivity index (χ1) is 5.81. The van der Waals surface area contributed by atoms with Crippen LogP contribution in [0.25, 0.3) is 11.0 Å². The third-order valence-corrected chi connectivity index (χ3v) is 1.80. The molecule has 2 aromatic heterocycles. The molecule has 2 aromatic rings. The number of hydrogen-bond acceptors (Lipinski definition) is 2. The molecule has 0 saturated heterocycles. The number of hydrogen-bond donors (Lipinski definition) is 2. The highest BCUT2D eigenvalue weighted by atomic mass is 16.1. The summed E-state index contributed by atoms with van der Waals surface area (Å²) in [5, 5.41) is 0. The van der Waals surface area contributed by atoms with E-state index < -0.39 is 0 Å². The molecule has 2 rings (SSSR count). The van der Waals surface area contributed by atoms with Crippen molar-refractivity contribution in [2.75, 3.05) is 0 Å². The molecule has 0 spiro atoms. The minimum absolute atomic E-state index is 0.136. The van der Waals surface area contributed by atoms with Crippen LogP contribution < -0.4 is 5.56 Å². The first kappa shape index (κ1) is 7.09. The Labute approximate surface area is 68.7 Å². The minimum Gasteiger partial charge on any atom is -0.342 e. The molecule has 0 saturated carbocycles. The van der Waals surface area contributed by atoms with E-state index in [0.717, 1.165) is 17.8 Å². The van der Waals surface area contributed by atoms with Crippen LogP contribution in [0.15, 0.2) is 17.1 Å². The maximum Gasteiger partial charge on any atom is 0.276 e. The van der Waals surface area contributed by atoms with Gasteiger partial charge in [0.1, 0.15) is 5.82 Å². The van der Waals surface area contributed by atoms with Gasteiger partial charge in [0.25, 0.3) is 5.56 Å². The maximum atomic E-state index is 11.2. The van der Waals surface area contributed by atoms with Gasteiger partial charge < -0.3 is 9.97 Å². The monoisotopic (exact) mass is 163 g/mol. The van der Waals surface area contributed by atoms with E-state index in [1.165, 1.54) is 0 Å². The lowest BCUT2D eigenvalue weighted by atomic mass is 10.4. The molecule has 0 aromatic carbocycles. The summed E-state index contributed by atoms with van der Waals surface area (Å²) in [6.45, 7) is 1.99. The van der Waals surface area contributed by atoms with Crippen molar-refractivity contribution < 1.29 is 0 Å². The quantitative estimate of drug-likeness (QED) is 0.653. The van der Waals surface area contributed by atoms with E-state index in [-0.39, 0.29) is 5.56 Å². The summed E-state index contributed by atoms with van der Waals surface area (Å²) in [5.74, 6) is 0.849. The lowest BCUT2D eigenvalue weighted by molar-refractivity contribution is 0.999. The summed E-state index contributed by atoms with van der Waals surface area (Å²) in [7, 11) is 0. The number of pyridine rings is 1. The van der Waals surface area contributed by atoms with Crippen molar-refractivity contribution in [2.45, 2.75) is 13.3 Å². The lowest BCUT2D eigenvalue weighted by Crippen LogP contribution is -2.03. The number of imidazole rings is 1. The first-order valence-corrected chi connectivity index (χ1v) is 3.87. The molecule has 0 amide bonds. The third-order valence-electron chi connectivity index (χ3n) is 1.80. The fourth-order valence-electron chi connectivity index (χ4n) is 1.17. The lowest BCUT2D eigenvalue weighted by Gasteiger charge is -1.82. The van der Waals surface area contributed by atoms with Crippen LogP contribution in [0.2, 0.25) is 0 Å². The average Bonchev–Trinajstić information content (AvgIpc) is 2.49. The smallest absolute Gasteiger partial charge is 0.276 e. The molecular weight excluding hydrogens is 154 g/mol. The molecule has 0 bridgehead atoms. The SMILES string of the molecule is CCc1nc2c(=O)[nH]ccc2[nH]1. The number of aromatic nitrogens is 3. The molecule has 0 radical (unpaired) electrons. The van der Waals surface area contributed by atoms with Crippen LogP contribution in [0.5, 0.6) is 0 Å². The second kappa shape index (κ2) is 2.48. The average molecular weight is 163 g/mol. The van der Waals surface area contributed by atoms with Crippen LogP contribution in [-0.2, 0) is 6.42 Å². The zero-order chi connectivity index (χ0) is 8.55. The van der Waals surface area contributed by atoms with Crippen LogP contribution >= 0.6 is 0 Å². The molecule has 0 fully saturated rings. The van der Waals surface area contributed by atoms with Crippen molar-refractivity contribution in [2.24, 2.45) is 0 Å². The number of aromatic amines is 2. The third kappa shape index (κ3) is 0.922. The largest absolute Gasteiger partial charge is 0.342 e. The van der Waals surface area contributed by atoms with Gasteiger partial charge in [0.15, 0.2) is 5.52 Å². The van der Waals surface area contributed by atoms with E-state index in [1.54, 1.807) is 6.20 Å². The Morgan fingerprint density at radius 1 is 1.58 bits per heavy atom. The molecule has 2 N–H and O–H groups in total. The summed E-state index contributed by atoms with van der Waals surface area (Å²) in [6, 6.07) is 1.81. The van der Waals surface area contributed by atoms with Gasteiger partial charge in [-0.3, -0.25) is 4.79 Å². The molecule has 0 aliphatic carbocycles. The van der Waals surface area contributed by atoms with Crippen molar-refractivity contribution in [1.82, 2.24) is 15.0 Å². The van der Waals surface area contributed by atoms with E-state index in [1.807, 2.05) is 13.0 Å². The topological polar surface area (TPSA) is 61.5 Å². The highest BCUT2D eigenvalue weighted by Gasteiger charge is 2.02. The van der Waals surface area contributed by atoms with Gasteiger partial charge in [-0.1, -0.05) is 6.92 Å². The van der Waals surface area contributed by atoms with Gasteiger partial charge in [0.05, 0.1) is 5.52 Å². The highest BCUT2D eigenvalue weighted by Crippen LogP contribution is 2.04. The van der Waals surface area contributed by atoms with Gasteiger partial charge in [-0.25, -0.2) is 4.98 Å². The fraction of sp³-hybridized carbons (Fsp3) is 0.250. The molecule has 62 valence electrons. The second-order valence-corrected chi connectivity index (χ2v) is 2.61. The standard InChI is InChI=1S/C8H9N3O/c1-2-6-10-5-3-4-9-8(12)7(5)11-6/h3-4H,2H2,1H3,(H,9,12)(H,10,11). The molecule has 4 nitrogen and oxygen atoms in total. The van der Waals surface area contributed by atoms with Gasteiger partial charge in [-0.15, -0.1) is 0 Å². The van der Waals surface area contributed by atoms with E-state index in [0.29, 0.717) is 5.52 Å². The molecule has 12 heavy (non-hydrogen) atoms. The minimum atomic E-state index is -0.136. The van der Waals surface area contributed by atoms with Crippen LogP contribution in [0, 0.1) is 0 Å². The summed E-state index contributed by atoms with van der Waals surface area (Å²) < 4.78 is 0. The number of H-pyrrole nitrogens is 2. The Bertz CT molecular complexity index is 455. The Kier molecular flexibility index (Phi) is 1.46. The number of rotatable bonds is 1. The molecule has 2 heterocycles. The fourth-order valence-corrected chi connectivity index (χ4v) is 1.17. The maximum absolute atomic E-state index is 11.2. The Hall–Kier alpha value is -1.58. The van der Waals surface area contributed by atoms with Gasteiger partial charge in [-0.2, -0.15) is 0 Å². The summed E-state index contributed by atoms with van der Waals surface area (Å²) in [4.78, 5) is 20.9. The van der Waals surface area contributed by atoms with Crippen molar-refractivity contribution in [1.29, 1.82) is 0 Å². The van der Waals surface area contributed by atoms with Gasteiger partial charge in [0, 0.05) is 12.6 Å².